The number of nitrogens with zero attached hydrogens (tertiary/aromatic N) is 2. The fraction of sp³-hybridized carbons (Fsp3) is 0.0526. The number of nitrogens with two attached hydrogens (primary N) is 1. The summed E-state index contributed by atoms with van der Waals surface area (Å²) in [6.07, 6.45) is -2.54. The molecular formula is C19H13F3N4. The van der Waals surface area contributed by atoms with E-state index in [0.717, 1.165) is 28.6 Å². The van der Waals surface area contributed by atoms with E-state index in [1.54, 1.807) is 6.07 Å². The summed E-state index contributed by atoms with van der Waals surface area (Å²) < 4.78 is 38.2. The van der Waals surface area contributed by atoms with E-state index in [-0.39, 0.29) is 5.82 Å². The first-order valence-corrected chi connectivity index (χ1v) is 7.80. The quantitative estimate of drug-likeness (QED) is 0.538. The zero-order valence-corrected chi connectivity index (χ0v) is 13.4. The summed E-state index contributed by atoms with van der Waals surface area (Å²) in [5.41, 5.74) is 7.95. The highest BCUT2D eigenvalue weighted by molar-refractivity contribution is 5.84. The van der Waals surface area contributed by atoms with Gasteiger partial charge in [-0.3, -0.25) is 0 Å². The van der Waals surface area contributed by atoms with Gasteiger partial charge in [0.05, 0.1) is 11.3 Å². The van der Waals surface area contributed by atoms with Crippen molar-refractivity contribution >= 4 is 16.7 Å². The largest absolute Gasteiger partial charge is 0.416 e. The van der Waals surface area contributed by atoms with Gasteiger partial charge in [-0.2, -0.15) is 13.2 Å². The number of halogens is 3. The number of nitrogens with one attached hydrogen (secondary N) is 1. The smallest absolute Gasteiger partial charge is 0.384 e. The molecule has 26 heavy (non-hydrogen) atoms. The first-order valence-electron chi connectivity index (χ1n) is 7.80. The van der Waals surface area contributed by atoms with Crippen molar-refractivity contribution in [3.63, 3.8) is 0 Å². The summed E-state index contributed by atoms with van der Waals surface area (Å²) in [6, 6.07) is 14.0. The molecule has 0 amide bonds. The summed E-state index contributed by atoms with van der Waals surface area (Å²) in [4.78, 5) is 11.8. The Morgan fingerprint density at radius 1 is 0.846 bits per heavy atom. The molecule has 0 bridgehead atoms. The van der Waals surface area contributed by atoms with E-state index in [0.29, 0.717) is 17.1 Å². The van der Waals surface area contributed by atoms with Gasteiger partial charge in [-0.15, -0.1) is 0 Å². The Hall–Kier alpha value is -3.35. The molecule has 0 aliphatic rings. The number of aromatic amines is 1. The van der Waals surface area contributed by atoms with E-state index in [4.69, 9.17) is 5.73 Å². The molecule has 0 saturated carbocycles. The Kier molecular flexibility index (Phi) is 3.64. The van der Waals surface area contributed by atoms with Crippen LogP contribution in [0.15, 0.2) is 60.8 Å². The summed E-state index contributed by atoms with van der Waals surface area (Å²) in [5, 5.41) is 1.00. The molecule has 0 fully saturated rings. The molecule has 7 heteroatoms. The molecule has 0 saturated heterocycles. The van der Waals surface area contributed by atoms with Gasteiger partial charge in [0.25, 0.3) is 0 Å². The van der Waals surface area contributed by atoms with Crippen LogP contribution in [-0.4, -0.2) is 15.0 Å². The van der Waals surface area contributed by atoms with Crippen molar-refractivity contribution in [1.29, 1.82) is 0 Å². The number of hydrogen-bond donors (Lipinski definition) is 2. The maximum atomic E-state index is 12.7. The third-order valence-electron chi connectivity index (χ3n) is 4.07. The predicted molar refractivity (Wildman–Crippen MR) is 94.2 cm³/mol. The molecule has 0 spiro atoms. The average Bonchev–Trinajstić information content (AvgIpc) is 3.08. The lowest BCUT2D eigenvalue weighted by Crippen LogP contribution is -2.04. The second-order valence-corrected chi connectivity index (χ2v) is 5.86. The van der Waals surface area contributed by atoms with Crippen LogP contribution >= 0.6 is 0 Å². The Morgan fingerprint density at radius 3 is 2.31 bits per heavy atom. The van der Waals surface area contributed by atoms with Crippen molar-refractivity contribution in [3.8, 4) is 22.6 Å². The molecule has 0 aliphatic carbocycles. The van der Waals surface area contributed by atoms with Crippen LogP contribution in [0, 0.1) is 0 Å². The molecule has 0 aliphatic heterocycles. The van der Waals surface area contributed by atoms with Crippen molar-refractivity contribution in [2.24, 2.45) is 0 Å². The van der Waals surface area contributed by atoms with Gasteiger partial charge in [0.2, 0.25) is 0 Å². The molecule has 0 radical (unpaired) electrons. The third kappa shape index (κ3) is 2.99. The molecule has 2 heterocycles. The molecule has 130 valence electrons. The number of rotatable bonds is 2. The number of nitrogen functional groups attached to an aromatic ring is 1. The number of fused-ring (bicyclic) bond motifs is 1. The van der Waals surface area contributed by atoms with Crippen LogP contribution in [0.4, 0.5) is 19.0 Å². The SMILES string of the molecule is Nc1cc(-c2ccc(C(F)(F)F)cc2)nc(-c2ccc3[nH]ccc3c2)n1. The fourth-order valence-corrected chi connectivity index (χ4v) is 2.77. The van der Waals surface area contributed by atoms with Crippen LogP contribution in [0.2, 0.25) is 0 Å². The zero-order valence-electron chi connectivity index (χ0n) is 13.4. The molecule has 4 aromatic rings. The van der Waals surface area contributed by atoms with Gasteiger partial charge in [-0.25, -0.2) is 9.97 Å². The standard InChI is InChI=1S/C19H13F3N4/c20-19(21,22)14-4-1-11(2-5-14)16-10-17(23)26-18(25-16)13-3-6-15-12(9-13)7-8-24-15/h1-10,24H,(H2,23,25,26). The summed E-state index contributed by atoms with van der Waals surface area (Å²) >= 11 is 0. The zero-order chi connectivity index (χ0) is 18.3. The highest BCUT2D eigenvalue weighted by atomic mass is 19.4. The second kappa shape index (κ2) is 5.87. The monoisotopic (exact) mass is 354 g/mol. The molecule has 2 aromatic carbocycles. The molecule has 3 N–H and O–H groups in total. The van der Waals surface area contributed by atoms with Gasteiger partial charge >= 0.3 is 6.18 Å². The number of benzene rings is 2. The third-order valence-corrected chi connectivity index (χ3v) is 4.07. The minimum atomic E-state index is -4.37. The van der Waals surface area contributed by atoms with E-state index in [1.165, 1.54) is 12.1 Å². The van der Waals surface area contributed by atoms with Crippen molar-refractivity contribution in [2.45, 2.75) is 6.18 Å². The van der Waals surface area contributed by atoms with E-state index in [9.17, 15) is 13.2 Å². The highest BCUT2D eigenvalue weighted by Crippen LogP contribution is 2.31. The number of alkyl halides is 3. The Labute approximate surface area is 146 Å². The Bertz CT molecular complexity index is 1080. The van der Waals surface area contributed by atoms with Crippen LogP contribution in [0.25, 0.3) is 33.5 Å². The summed E-state index contributed by atoms with van der Waals surface area (Å²) in [7, 11) is 0. The first-order chi connectivity index (χ1) is 12.4. The fourth-order valence-electron chi connectivity index (χ4n) is 2.77. The minimum absolute atomic E-state index is 0.249. The molecule has 0 atom stereocenters. The predicted octanol–water partition coefficient (Wildman–Crippen LogP) is 4.89. The maximum Gasteiger partial charge on any atom is 0.416 e. The van der Waals surface area contributed by atoms with Crippen molar-refractivity contribution in [2.75, 3.05) is 5.73 Å². The minimum Gasteiger partial charge on any atom is -0.384 e. The van der Waals surface area contributed by atoms with Crippen LogP contribution < -0.4 is 5.73 Å². The lowest BCUT2D eigenvalue weighted by Gasteiger charge is -2.09. The second-order valence-electron chi connectivity index (χ2n) is 5.86. The molecule has 0 unspecified atom stereocenters. The van der Waals surface area contributed by atoms with Crippen molar-refractivity contribution < 1.29 is 13.2 Å². The highest BCUT2D eigenvalue weighted by Gasteiger charge is 2.30. The van der Waals surface area contributed by atoms with E-state index < -0.39 is 11.7 Å². The molecule has 4 rings (SSSR count). The van der Waals surface area contributed by atoms with Crippen LogP contribution in [-0.2, 0) is 6.18 Å². The lowest BCUT2D eigenvalue weighted by atomic mass is 10.1. The molecule has 4 nitrogen and oxygen atoms in total. The maximum absolute atomic E-state index is 12.7. The normalized spacial score (nSPS) is 11.8. The van der Waals surface area contributed by atoms with Crippen molar-refractivity contribution in [1.82, 2.24) is 15.0 Å². The van der Waals surface area contributed by atoms with Crippen molar-refractivity contribution in [3.05, 3.63) is 66.4 Å². The van der Waals surface area contributed by atoms with E-state index in [1.807, 2.05) is 30.5 Å². The van der Waals surface area contributed by atoms with Crippen LogP contribution in [0.1, 0.15) is 5.56 Å². The van der Waals surface area contributed by atoms with Gasteiger partial charge in [-0.1, -0.05) is 12.1 Å². The molecular weight excluding hydrogens is 341 g/mol. The van der Waals surface area contributed by atoms with E-state index >= 15 is 0 Å². The van der Waals surface area contributed by atoms with Crippen LogP contribution in [0.3, 0.4) is 0 Å². The van der Waals surface area contributed by atoms with Gasteiger partial charge in [-0.05, 0) is 36.4 Å². The number of hydrogen-bond acceptors (Lipinski definition) is 3. The Morgan fingerprint density at radius 2 is 1.58 bits per heavy atom. The van der Waals surface area contributed by atoms with Gasteiger partial charge in [0, 0.05) is 34.3 Å². The van der Waals surface area contributed by atoms with E-state index in [2.05, 4.69) is 15.0 Å². The lowest BCUT2D eigenvalue weighted by molar-refractivity contribution is -0.137. The van der Waals surface area contributed by atoms with Gasteiger partial charge < -0.3 is 10.7 Å². The summed E-state index contributed by atoms with van der Waals surface area (Å²) in [5.74, 6) is 0.669. The van der Waals surface area contributed by atoms with Gasteiger partial charge in [0.1, 0.15) is 5.82 Å². The Balaban J connectivity index is 1.76. The number of aromatic nitrogens is 3. The van der Waals surface area contributed by atoms with Crippen LogP contribution in [0.5, 0.6) is 0 Å². The number of H-pyrrole nitrogens is 1. The van der Waals surface area contributed by atoms with Gasteiger partial charge in [0.15, 0.2) is 5.82 Å². The first kappa shape index (κ1) is 16.1. The molecule has 2 aromatic heterocycles. The summed E-state index contributed by atoms with van der Waals surface area (Å²) in [6.45, 7) is 0. The number of anilines is 1. The topological polar surface area (TPSA) is 67.6 Å². The average molecular weight is 354 g/mol.